The van der Waals surface area contributed by atoms with Gasteiger partial charge in [0.2, 0.25) is 0 Å². The fourth-order valence-electron chi connectivity index (χ4n) is 3.00. The molecule has 0 saturated heterocycles. The SMILES string of the molecule is Cc1c(C(N)=O)n(C)c2c(-c3ccc(Cl)cc3Cl)cc(F)cc12. The first-order chi connectivity index (χ1) is 10.8. The Morgan fingerprint density at radius 1 is 1.17 bits per heavy atom. The van der Waals surface area contributed by atoms with E-state index in [2.05, 4.69) is 0 Å². The number of nitrogens with two attached hydrogens (primary N) is 1. The Kier molecular flexibility index (Phi) is 3.82. The Balaban J connectivity index is 2.46. The summed E-state index contributed by atoms with van der Waals surface area (Å²) in [5.41, 5.74) is 8.36. The quantitative estimate of drug-likeness (QED) is 0.715. The number of rotatable bonds is 2. The van der Waals surface area contributed by atoms with Gasteiger partial charge in [0, 0.05) is 33.6 Å². The van der Waals surface area contributed by atoms with Crippen LogP contribution in [-0.2, 0) is 7.05 Å². The summed E-state index contributed by atoms with van der Waals surface area (Å²) >= 11 is 12.2. The minimum atomic E-state index is -0.560. The van der Waals surface area contributed by atoms with E-state index in [0.29, 0.717) is 43.3 Å². The number of hydrogen-bond acceptors (Lipinski definition) is 1. The van der Waals surface area contributed by atoms with Gasteiger partial charge in [-0.3, -0.25) is 4.79 Å². The molecule has 0 aliphatic heterocycles. The van der Waals surface area contributed by atoms with E-state index in [1.807, 2.05) is 0 Å². The molecule has 1 amide bonds. The summed E-state index contributed by atoms with van der Waals surface area (Å²) in [6, 6.07) is 7.79. The van der Waals surface area contributed by atoms with Crippen molar-refractivity contribution in [1.82, 2.24) is 4.57 Å². The van der Waals surface area contributed by atoms with Crippen molar-refractivity contribution < 1.29 is 9.18 Å². The molecular formula is C17H13Cl2FN2O. The van der Waals surface area contributed by atoms with Crippen LogP contribution in [0.1, 0.15) is 16.1 Å². The minimum Gasteiger partial charge on any atom is -0.364 e. The van der Waals surface area contributed by atoms with Crippen LogP contribution in [0.4, 0.5) is 4.39 Å². The molecule has 1 aromatic heterocycles. The van der Waals surface area contributed by atoms with Crippen molar-refractivity contribution in [2.24, 2.45) is 12.8 Å². The Labute approximate surface area is 142 Å². The number of aromatic nitrogens is 1. The van der Waals surface area contributed by atoms with E-state index < -0.39 is 11.7 Å². The van der Waals surface area contributed by atoms with Crippen LogP contribution in [0.25, 0.3) is 22.0 Å². The number of nitrogens with zero attached hydrogens (tertiary/aromatic N) is 1. The second-order valence-corrected chi connectivity index (χ2v) is 6.21. The summed E-state index contributed by atoms with van der Waals surface area (Å²) in [5, 5.41) is 1.53. The summed E-state index contributed by atoms with van der Waals surface area (Å²) in [5.74, 6) is -0.974. The second kappa shape index (κ2) is 5.55. The zero-order valence-corrected chi connectivity index (χ0v) is 14.0. The minimum absolute atomic E-state index is 0.344. The lowest BCUT2D eigenvalue weighted by Crippen LogP contribution is -2.16. The normalized spacial score (nSPS) is 11.2. The number of primary amides is 1. The predicted molar refractivity (Wildman–Crippen MR) is 91.6 cm³/mol. The third-order valence-electron chi connectivity index (χ3n) is 3.96. The van der Waals surface area contributed by atoms with Crippen molar-refractivity contribution in [1.29, 1.82) is 0 Å². The van der Waals surface area contributed by atoms with E-state index in [1.54, 1.807) is 36.7 Å². The molecule has 0 aliphatic rings. The maximum absolute atomic E-state index is 14.1. The van der Waals surface area contributed by atoms with Crippen LogP contribution in [0.2, 0.25) is 10.0 Å². The van der Waals surface area contributed by atoms with Gasteiger partial charge >= 0.3 is 0 Å². The molecule has 0 aliphatic carbocycles. The average molecular weight is 351 g/mol. The van der Waals surface area contributed by atoms with Crippen LogP contribution >= 0.6 is 23.2 Å². The molecule has 0 atom stereocenters. The maximum atomic E-state index is 14.1. The summed E-state index contributed by atoms with van der Waals surface area (Å²) in [6.07, 6.45) is 0. The number of benzene rings is 2. The first kappa shape index (κ1) is 15.8. The number of halogens is 3. The topological polar surface area (TPSA) is 48.0 Å². The molecule has 0 unspecified atom stereocenters. The Morgan fingerprint density at radius 3 is 2.48 bits per heavy atom. The van der Waals surface area contributed by atoms with Crippen LogP contribution in [0.15, 0.2) is 30.3 Å². The number of fused-ring (bicyclic) bond motifs is 1. The molecule has 3 nitrogen and oxygen atoms in total. The third-order valence-corrected chi connectivity index (χ3v) is 4.51. The molecule has 23 heavy (non-hydrogen) atoms. The number of carbonyl (C=O) groups excluding carboxylic acids is 1. The molecule has 0 saturated carbocycles. The van der Waals surface area contributed by atoms with Crippen LogP contribution in [0, 0.1) is 12.7 Å². The standard InChI is InChI=1S/C17H13Cl2FN2O/c1-8-12-6-10(20)7-13(11-4-3-9(18)5-14(11)19)16(12)22(2)15(8)17(21)23/h3-7H,1-2H3,(H2,21,23). The van der Waals surface area contributed by atoms with Crippen molar-refractivity contribution in [2.75, 3.05) is 0 Å². The van der Waals surface area contributed by atoms with Crippen LogP contribution < -0.4 is 5.73 Å². The van der Waals surface area contributed by atoms with Gasteiger partial charge in [0.05, 0.1) is 5.52 Å². The molecule has 1 heterocycles. The van der Waals surface area contributed by atoms with E-state index in [1.165, 1.54) is 12.1 Å². The van der Waals surface area contributed by atoms with Crippen molar-refractivity contribution in [2.45, 2.75) is 6.92 Å². The molecule has 0 bridgehead atoms. The van der Waals surface area contributed by atoms with Crippen molar-refractivity contribution in [3.8, 4) is 11.1 Å². The van der Waals surface area contributed by atoms with Gasteiger partial charge in [-0.25, -0.2) is 4.39 Å². The van der Waals surface area contributed by atoms with Crippen LogP contribution in [0.5, 0.6) is 0 Å². The monoisotopic (exact) mass is 350 g/mol. The fourth-order valence-corrected chi connectivity index (χ4v) is 3.51. The van der Waals surface area contributed by atoms with E-state index in [0.717, 1.165) is 0 Å². The summed E-state index contributed by atoms with van der Waals surface area (Å²) in [4.78, 5) is 11.7. The van der Waals surface area contributed by atoms with E-state index in [-0.39, 0.29) is 0 Å². The molecule has 6 heteroatoms. The highest BCUT2D eigenvalue weighted by atomic mass is 35.5. The molecule has 0 radical (unpaired) electrons. The molecule has 0 fully saturated rings. The van der Waals surface area contributed by atoms with Crippen LogP contribution in [0.3, 0.4) is 0 Å². The van der Waals surface area contributed by atoms with Crippen molar-refractivity contribution >= 4 is 40.0 Å². The molecule has 2 N–H and O–H groups in total. The molecular weight excluding hydrogens is 338 g/mol. The lowest BCUT2D eigenvalue weighted by Gasteiger charge is -2.10. The van der Waals surface area contributed by atoms with Gasteiger partial charge in [0.1, 0.15) is 11.5 Å². The first-order valence-electron chi connectivity index (χ1n) is 6.85. The van der Waals surface area contributed by atoms with Crippen LogP contribution in [-0.4, -0.2) is 10.5 Å². The summed E-state index contributed by atoms with van der Waals surface area (Å²) in [7, 11) is 1.72. The molecule has 2 aromatic carbocycles. The molecule has 118 valence electrons. The Morgan fingerprint density at radius 2 is 1.87 bits per heavy atom. The number of amides is 1. The Bertz CT molecular complexity index is 963. The van der Waals surface area contributed by atoms with Gasteiger partial charge < -0.3 is 10.3 Å². The number of carbonyl (C=O) groups is 1. The molecule has 3 aromatic rings. The van der Waals surface area contributed by atoms with E-state index >= 15 is 0 Å². The highest BCUT2D eigenvalue weighted by Crippen LogP contribution is 2.38. The highest BCUT2D eigenvalue weighted by Gasteiger charge is 2.21. The largest absolute Gasteiger partial charge is 0.364 e. The molecule has 3 rings (SSSR count). The van der Waals surface area contributed by atoms with E-state index in [4.69, 9.17) is 28.9 Å². The summed E-state index contributed by atoms with van der Waals surface area (Å²) in [6.45, 7) is 1.75. The van der Waals surface area contributed by atoms with Gasteiger partial charge in [-0.05, 0) is 36.8 Å². The lowest BCUT2D eigenvalue weighted by atomic mass is 10.0. The zero-order valence-electron chi connectivity index (χ0n) is 12.5. The smallest absolute Gasteiger partial charge is 0.265 e. The maximum Gasteiger partial charge on any atom is 0.265 e. The predicted octanol–water partition coefficient (Wildman–Crippen LogP) is 4.70. The van der Waals surface area contributed by atoms with Gasteiger partial charge in [-0.15, -0.1) is 0 Å². The number of aryl methyl sites for hydroxylation is 2. The van der Waals surface area contributed by atoms with Gasteiger partial charge in [0.15, 0.2) is 0 Å². The highest BCUT2D eigenvalue weighted by molar-refractivity contribution is 6.36. The summed E-state index contributed by atoms with van der Waals surface area (Å²) < 4.78 is 15.8. The number of hydrogen-bond donors (Lipinski definition) is 1. The second-order valence-electron chi connectivity index (χ2n) is 5.37. The fraction of sp³-hybridized carbons (Fsp3) is 0.118. The average Bonchev–Trinajstić information content (AvgIpc) is 2.70. The molecule has 0 spiro atoms. The van der Waals surface area contributed by atoms with Gasteiger partial charge in [-0.2, -0.15) is 0 Å². The third kappa shape index (κ3) is 2.48. The lowest BCUT2D eigenvalue weighted by molar-refractivity contribution is 0.0992. The first-order valence-corrected chi connectivity index (χ1v) is 7.60. The van der Waals surface area contributed by atoms with Crippen molar-refractivity contribution in [3.63, 3.8) is 0 Å². The Hall–Kier alpha value is -2.04. The van der Waals surface area contributed by atoms with Gasteiger partial charge in [-0.1, -0.05) is 29.3 Å². The van der Waals surface area contributed by atoms with Gasteiger partial charge in [0.25, 0.3) is 5.91 Å². The van der Waals surface area contributed by atoms with E-state index in [9.17, 15) is 9.18 Å². The zero-order chi connectivity index (χ0) is 16.9. The van der Waals surface area contributed by atoms with Crippen molar-refractivity contribution in [3.05, 3.63) is 57.5 Å².